The predicted molar refractivity (Wildman–Crippen MR) is 85.6 cm³/mol. The zero-order valence-electron chi connectivity index (χ0n) is 12.1. The molecule has 1 fully saturated rings. The van der Waals surface area contributed by atoms with Gasteiger partial charge in [-0.05, 0) is 59.4 Å². The summed E-state index contributed by atoms with van der Waals surface area (Å²) < 4.78 is 33.0. The predicted octanol–water partition coefficient (Wildman–Crippen LogP) is 1.87. The van der Waals surface area contributed by atoms with Gasteiger partial charge in [-0.25, -0.2) is 13.1 Å². The Morgan fingerprint density at radius 3 is 2.76 bits per heavy atom. The Bertz CT molecular complexity index is 574. The molecule has 21 heavy (non-hydrogen) atoms. The Hall–Kier alpha value is -0.470. The second kappa shape index (κ2) is 7.69. The molecular weight excluding hydrogens is 356 g/mol. The third-order valence-corrected chi connectivity index (χ3v) is 5.69. The van der Waals surface area contributed by atoms with Gasteiger partial charge in [0.25, 0.3) is 0 Å². The summed E-state index contributed by atoms with van der Waals surface area (Å²) in [4.78, 5) is 0.254. The number of hydrogen-bond donors (Lipinski definition) is 2. The molecule has 7 heteroatoms. The molecular formula is C14H21BrN2O3S. The van der Waals surface area contributed by atoms with Crippen LogP contribution in [0.5, 0.6) is 0 Å². The number of nitrogens with one attached hydrogen (secondary N) is 2. The normalized spacial score (nSPS) is 15.3. The van der Waals surface area contributed by atoms with E-state index in [1.165, 1.54) is 12.8 Å². The molecule has 0 aromatic heterocycles. The molecule has 0 amide bonds. The van der Waals surface area contributed by atoms with Gasteiger partial charge in [-0.1, -0.05) is 6.07 Å². The first-order valence-corrected chi connectivity index (χ1v) is 9.31. The fourth-order valence-corrected chi connectivity index (χ4v) is 4.07. The van der Waals surface area contributed by atoms with Gasteiger partial charge in [0, 0.05) is 24.2 Å². The molecule has 0 bridgehead atoms. The molecule has 1 aromatic carbocycles. The van der Waals surface area contributed by atoms with Crippen LogP contribution in [0.4, 0.5) is 0 Å². The molecule has 2 rings (SSSR count). The van der Waals surface area contributed by atoms with Crippen LogP contribution in [0.2, 0.25) is 0 Å². The minimum absolute atomic E-state index is 0.254. The third-order valence-electron chi connectivity index (χ3n) is 3.26. The van der Waals surface area contributed by atoms with Crippen molar-refractivity contribution in [3.05, 3.63) is 28.2 Å². The van der Waals surface area contributed by atoms with Crippen molar-refractivity contribution in [2.45, 2.75) is 24.3 Å². The van der Waals surface area contributed by atoms with Gasteiger partial charge in [0.15, 0.2) is 0 Å². The Kier molecular flexibility index (Phi) is 6.19. The van der Waals surface area contributed by atoms with Crippen molar-refractivity contribution in [2.75, 3.05) is 26.8 Å². The number of halogens is 1. The highest BCUT2D eigenvalue weighted by Crippen LogP contribution is 2.28. The lowest BCUT2D eigenvalue weighted by atomic mass is 10.2. The van der Waals surface area contributed by atoms with Crippen molar-refractivity contribution in [3.63, 3.8) is 0 Å². The van der Waals surface area contributed by atoms with Crippen LogP contribution in [0.15, 0.2) is 27.6 Å². The largest absolute Gasteiger partial charge is 0.380 e. The average molecular weight is 377 g/mol. The van der Waals surface area contributed by atoms with Gasteiger partial charge in [-0.3, -0.25) is 0 Å². The molecule has 0 aliphatic heterocycles. The smallest absolute Gasteiger partial charge is 0.241 e. The molecule has 1 aliphatic rings. The summed E-state index contributed by atoms with van der Waals surface area (Å²) in [6.45, 7) is 2.14. The SMILES string of the molecule is CNCc1ccc(S(=O)(=O)NCCOCC2CC2)c(Br)c1. The highest BCUT2D eigenvalue weighted by atomic mass is 79.9. The number of sulfonamides is 1. The molecule has 0 atom stereocenters. The van der Waals surface area contributed by atoms with E-state index < -0.39 is 10.0 Å². The maximum absolute atomic E-state index is 12.2. The van der Waals surface area contributed by atoms with Crippen LogP contribution in [0.25, 0.3) is 0 Å². The molecule has 118 valence electrons. The van der Waals surface area contributed by atoms with Gasteiger partial charge in [0.2, 0.25) is 10.0 Å². The molecule has 0 unspecified atom stereocenters. The van der Waals surface area contributed by atoms with Gasteiger partial charge in [0.05, 0.1) is 11.5 Å². The first-order valence-electron chi connectivity index (χ1n) is 7.03. The van der Waals surface area contributed by atoms with Crippen LogP contribution in [0, 0.1) is 5.92 Å². The van der Waals surface area contributed by atoms with Gasteiger partial charge in [-0.2, -0.15) is 0 Å². The van der Waals surface area contributed by atoms with E-state index in [1.54, 1.807) is 12.1 Å². The van der Waals surface area contributed by atoms with E-state index in [9.17, 15) is 8.42 Å². The fraction of sp³-hybridized carbons (Fsp3) is 0.571. The lowest BCUT2D eigenvalue weighted by molar-refractivity contribution is 0.129. The van der Waals surface area contributed by atoms with Gasteiger partial charge >= 0.3 is 0 Å². The lowest BCUT2D eigenvalue weighted by Crippen LogP contribution is -2.28. The number of benzene rings is 1. The number of hydrogen-bond acceptors (Lipinski definition) is 4. The average Bonchev–Trinajstić information content (AvgIpc) is 3.22. The fourth-order valence-electron chi connectivity index (χ4n) is 1.94. The lowest BCUT2D eigenvalue weighted by Gasteiger charge is -2.10. The zero-order chi connectivity index (χ0) is 15.3. The minimum Gasteiger partial charge on any atom is -0.380 e. The van der Waals surface area contributed by atoms with E-state index in [-0.39, 0.29) is 4.90 Å². The summed E-state index contributed by atoms with van der Waals surface area (Å²) in [5, 5.41) is 3.03. The van der Waals surface area contributed by atoms with Crippen LogP contribution >= 0.6 is 15.9 Å². The van der Waals surface area contributed by atoms with Gasteiger partial charge in [-0.15, -0.1) is 0 Å². The molecule has 2 N–H and O–H groups in total. The van der Waals surface area contributed by atoms with Crippen LogP contribution in [-0.2, 0) is 21.3 Å². The molecule has 1 aliphatic carbocycles. The summed E-state index contributed by atoms with van der Waals surface area (Å²) in [5.74, 6) is 0.690. The minimum atomic E-state index is -3.51. The highest BCUT2D eigenvalue weighted by Gasteiger charge is 2.21. The summed E-state index contributed by atoms with van der Waals surface area (Å²) in [6, 6.07) is 5.23. The Morgan fingerprint density at radius 2 is 2.14 bits per heavy atom. The maximum atomic E-state index is 12.2. The van der Waals surface area contributed by atoms with Crippen LogP contribution in [0.3, 0.4) is 0 Å². The Morgan fingerprint density at radius 1 is 1.38 bits per heavy atom. The van der Waals surface area contributed by atoms with Gasteiger partial charge < -0.3 is 10.1 Å². The topological polar surface area (TPSA) is 67.4 Å². The Balaban J connectivity index is 1.88. The molecule has 0 saturated heterocycles. The van der Waals surface area contributed by atoms with Crippen molar-refractivity contribution in [1.82, 2.24) is 10.0 Å². The second-order valence-electron chi connectivity index (χ2n) is 5.21. The van der Waals surface area contributed by atoms with Crippen LogP contribution in [-0.4, -0.2) is 35.2 Å². The van der Waals surface area contributed by atoms with Crippen LogP contribution in [0.1, 0.15) is 18.4 Å². The molecule has 1 aromatic rings. The molecule has 0 heterocycles. The molecule has 0 radical (unpaired) electrons. The monoisotopic (exact) mass is 376 g/mol. The quantitative estimate of drug-likeness (QED) is 0.645. The first kappa shape index (κ1) is 16.9. The van der Waals surface area contributed by atoms with Crippen molar-refractivity contribution in [2.24, 2.45) is 5.92 Å². The van der Waals surface area contributed by atoms with Crippen molar-refractivity contribution in [1.29, 1.82) is 0 Å². The van der Waals surface area contributed by atoms with E-state index in [4.69, 9.17) is 4.74 Å². The summed E-state index contributed by atoms with van der Waals surface area (Å²) >= 11 is 3.32. The van der Waals surface area contributed by atoms with E-state index in [0.717, 1.165) is 12.2 Å². The zero-order valence-corrected chi connectivity index (χ0v) is 14.5. The summed E-state index contributed by atoms with van der Waals surface area (Å²) in [6.07, 6.45) is 2.47. The summed E-state index contributed by atoms with van der Waals surface area (Å²) in [7, 11) is -1.66. The van der Waals surface area contributed by atoms with E-state index in [2.05, 4.69) is 26.0 Å². The molecule has 0 spiro atoms. The van der Waals surface area contributed by atoms with E-state index >= 15 is 0 Å². The molecule has 1 saturated carbocycles. The first-order chi connectivity index (χ1) is 10.0. The van der Waals surface area contributed by atoms with Crippen molar-refractivity contribution < 1.29 is 13.2 Å². The number of ether oxygens (including phenoxy) is 1. The van der Waals surface area contributed by atoms with Crippen molar-refractivity contribution >= 4 is 26.0 Å². The standard InChI is InChI=1S/C14H21BrN2O3S/c1-16-9-12-4-5-14(13(15)8-12)21(18,19)17-6-7-20-10-11-2-3-11/h4-5,8,11,16-17H,2-3,6-7,9-10H2,1H3. The maximum Gasteiger partial charge on any atom is 0.241 e. The highest BCUT2D eigenvalue weighted by molar-refractivity contribution is 9.10. The second-order valence-corrected chi connectivity index (χ2v) is 7.80. The molecule has 5 nitrogen and oxygen atoms in total. The Labute approximate surface area is 134 Å². The van der Waals surface area contributed by atoms with E-state index in [1.807, 2.05) is 13.1 Å². The number of rotatable bonds is 9. The third kappa shape index (κ3) is 5.34. The van der Waals surface area contributed by atoms with Gasteiger partial charge in [0.1, 0.15) is 0 Å². The van der Waals surface area contributed by atoms with Crippen molar-refractivity contribution in [3.8, 4) is 0 Å². The summed E-state index contributed by atoms with van der Waals surface area (Å²) in [5.41, 5.74) is 1.02. The van der Waals surface area contributed by atoms with Crippen LogP contribution < -0.4 is 10.0 Å². The van der Waals surface area contributed by atoms with E-state index in [0.29, 0.717) is 30.1 Å².